The highest BCUT2D eigenvalue weighted by atomic mass is 32.2. The van der Waals surface area contributed by atoms with Crippen molar-refractivity contribution in [1.82, 2.24) is 20.9 Å². The molecular formula is C27H41N5O5S2. The van der Waals surface area contributed by atoms with Crippen LogP contribution in [0.5, 0.6) is 0 Å². The number of H-pyrrole nitrogens is 1. The van der Waals surface area contributed by atoms with Gasteiger partial charge in [-0.2, -0.15) is 23.5 Å². The van der Waals surface area contributed by atoms with Gasteiger partial charge in [-0.25, -0.2) is 4.79 Å². The Hall–Kier alpha value is -2.70. The third-order valence-corrected chi connectivity index (χ3v) is 8.00. The molecule has 0 bridgehead atoms. The molecule has 12 heteroatoms. The van der Waals surface area contributed by atoms with Crippen molar-refractivity contribution in [1.29, 1.82) is 0 Å². The summed E-state index contributed by atoms with van der Waals surface area (Å²) in [5, 5.41) is 18.7. The molecule has 10 nitrogen and oxygen atoms in total. The van der Waals surface area contributed by atoms with Gasteiger partial charge >= 0.3 is 5.97 Å². The van der Waals surface area contributed by atoms with Crippen molar-refractivity contribution in [2.45, 2.75) is 63.7 Å². The third kappa shape index (κ3) is 9.77. The van der Waals surface area contributed by atoms with E-state index < -0.39 is 47.9 Å². The lowest BCUT2D eigenvalue weighted by atomic mass is 9.98. The maximum absolute atomic E-state index is 13.3. The standard InChI is InChI=1S/C27H41N5O5S2/c1-5-16(2)23(27(36)37)32-26(35)22(11-13-39-4)31-25(34)21(10-12-38-3)30-24(33)19(28)14-17-15-29-20-9-7-6-8-18(17)20/h6-9,15-16,19,21-23,29H,5,10-14,28H2,1-4H3,(H,30,33)(H,31,34)(H,32,35)(H,36,37). The quantitative estimate of drug-likeness (QED) is 0.166. The van der Waals surface area contributed by atoms with E-state index in [1.165, 1.54) is 23.5 Å². The summed E-state index contributed by atoms with van der Waals surface area (Å²) in [6.45, 7) is 3.60. The van der Waals surface area contributed by atoms with Crippen LogP contribution in [0.3, 0.4) is 0 Å². The number of rotatable bonds is 17. The average Bonchev–Trinajstić information content (AvgIpc) is 3.33. The molecule has 5 atom stereocenters. The van der Waals surface area contributed by atoms with Gasteiger partial charge < -0.3 is 31.8 Å². The Morgan fingerprint density at radius 2 is 1.51 bits per heavy atom. The number of benzene rings is 1. The second kappa shape index (κ2) is 16.4. The number of hydrogen-bond donors (Lipinski definition) is 6. The second-order valence-corrected chi connectivity index (χ2v) is 11.5. The van der Waals surface area contributed by atoms with E-state index in [4.69, 9.17) is 5.73 Å². The van der Waals surface area contributed by atoms with Crippen molar-refractivity contribution in [2.75, 3.05) is 24.0 Å². The van der Waals surface area contributed by atoms with Crippen LogP contribution in [0.15, 0.2) is 30.5 Å². The molecule has 3 amide bonds. The summed E-state index contributed by atoms with van der Waals surface area (Å²) < 4.78 is 0. The molecule has 0 aliphatic rings. The molecule has 0 saturated carbocycles. The SMILES string of the molecule is CCC(C)C(NC(=O)C(CCSC)NC(=O)C(CCSC)NC(=O)C(N)Cc1c[nH]c2ccccc12)C(=O)O. The molecule has 1 aromatic carbocycles. The minimum atomic E-state index is -1.12. The van der Waals surface area contributed by atoms with Crippen LogP contribution >= 0.6 is 23.5 Å². The van der Waals surface area contributed by atoms with Crippen molar-refractivity contribution < 1.29 is 24.3 Å². The maximum atomic E-state index is 13.3. The summed E-state index contributed by atoms with van der Waals surface area (Å²) in [4.78, 5) is 54.3. The molecule has 7 N–H and O–H groups in total. The predicted molar refractivity (Wildman–Crippen MR) is 159 cm³/mol. The molecule has 216 valence electrons. The maximum Gasteiger partial charge on any atom is 0.326 e. The summed E-state index contributed by atoms with van der Waals surface area (Å²) in [6.07, 6.45) is 7.13. The van der Waals surface area contributed by atoms with E-state index in [1.807, 2.05) is 49.9 Å². The summed E-state index contributed by atoms with van der Waals surface area (Å²) >= 11 is 3.04. The van der Waals surface area contributed by atoms with Crippen LogP contribution in [0, 0.1) is 5.92 Å². The van der Waals surface area contributed by atoms with Crippen LogP contribution < -0.4 is 21.7 Å². The third-order valence-electron chi connectivity index (χ3n) is 6.72. The number of carbonyl (C=O) groups is 4. The molecule has 2 aromatic rings. The minimum Gasteiger partial charge on any atom is -0.480 e. The fourth-order valence-corrected chi connectivity index (χ4v) is 5.07. The number of carboxylic acid groups (broad SMARTS) is 1. The van der Waals surface area contributed by atoms with Crippen LogP contribution in [0.25, 0.3) is 10.9 Å². The molecule has 0 aliphatic carbocycles. The van der Waals surface area contributed by atoms with Gasteiger partial charge in [0.2, 0.25) is 17.7 Å². The fraction of sp³-hybridized carbons (Fsp3) is 0.556. The number of carboxylic acids is 1. The van der Waals surface area contributed by atoms with Crippen LogP contribution in [0.2, 0.25) is 0 Å². The van der Waals surface area contributed by atoms with Gasteiger partial charge in [-0.1, -0.05) is 38.5 Å². The van der Waals surface area contributed by atoms with E-state index in [9.17, 15) is 24.3 Å². The molecule has 0 radical (unpaired) electrons. The first-order valence-electron chi connectivity index (χ1n) is 13.0. The Labute approximate surface area is 238 Å². The van der Waals surface area contributed by atoms with Crippen molar-refractivity contribution in [3.05, 3.63) is 36.0 Å². The van der Waals surface area contributed by atoms with E-state index in [0.717, 1.165) is 16.5 Å². The lowest BCUT2D eigenvalue weighted by molar-refractivity contribution is -0.143. The van der Waals surface area contributed by atoms with Crippen LogP contribution in [0.1, 0.15) is 38.7 Å². The Morgan fingerprint density at radius 3 is 2.08 bits per heavy atom. The minimum absolute atomic E-state index is 0.282. The molecule has 1 aromatic heterocycles. The Morgan fingerprint density at radius 1 is 0.949 bits per heavy atom. The molecule has 0 fully saturated rings. The number of amides is 3. The monoisotopic (exact) mass is 579 g/mol. The summed E-state index contributed by atoms with van der Waals surface area (Å²) in [5.74, 6) is -1.75. The highest BCUT2D eigenvalue weighted by molar-refractivity contribution is 7.98. The fourth-order valence-electron chi connectivity index (χ4n) is 4.13. The number of para-hydroxylation sites is 1. The Kier molecular flexibility index (Phi) is 13.7. The van der Waals surface area contributed by atoms with Crippen LogP contribution in [-0.4, -0.2) is 82.0 Å². The first-order valence-corrected chi connectivity index (χ1v) is 15.8. The number of aromatic nitrogens is 1. The highest BCUT2D eigenvalue weighted by Crippen LogP contribution is 2.19. The van der Waals surface area contributed by atoms with Crippen molar-refractivity contribution in [2.24, 2.45) is 11.7 Å². The van der Waals surface area contributed by atoms with Gasteiger partial charge in [0.15, 0.2) is 0 Å². The lowest BCUT2D eigenvalue weighted by Crippen LogP contribution is -2.58. The van der Waals surface area contributed by atoms with Gasteiger partial charge in [0.1, 0.15) is 18.1 Å². The number of thioether (sulfide) groups is 2. The first kappa shape index (κ1) is 32.5. The van der Waals surface area contributed by atoms with E-state index in [2.05, 4.69) is 20.9 Å². The van der Waals surface area contributed by atoms with Crippen molar-refractivity contribution in [3.63, 3.8) is 0 Å². The van der Waals surface area contributed by atoms with E-state index >= 15 is 0 Å². The number of nitrogens with one attached hydrogen (secondary N) is 4. The summed E-state index contributed by atoms with van der Waals surface area (Å²) in [7, 11) is 0. The molecule has 0 saturated heterocycles. The molecule has 0 aliphatic heterocycles. The molecule has 0 spiro atoms. The topological polar surface area (TPSA) is 166 Å². The predicted octanol–water partition coefficient (Wildman–Crippen LogP) is 2.13. The number of fused-ring (bicyclic) bond motifs is 1. The first-order chi connectivity index (χ1) is 18.6. The number of carbonyl (C=O) groups excluding carboxylic acids is 3. The molecule has 2 rings (SSSR count). The van der Waals surface area contributed by atoms with Crippen LogP contribution in [-0.2, 0) is 25.6 Å². The number of aliphatic carboxylic acids is 1. The zero-order valence-corrected chi connectivity index (χ0v) is 24.6. The largest absolute Gasteiger partial charge is 0.480 e. The smallest absolute Gasteiger partial charge is 0.326 e. The summed E-state index contributed by atoms with van der Waals surface area (Å²) in [5.41, 5.74) is 8.08. The van der Waals surface area contributed by atoms with Crippen molar-refractivity contribution >= 4 is 58.1 Å². The van der Waals surface area contributed by atoms with Gasteiger partial charge in [0.25, 0.3) is 0 Å². The lowest BCUT2D eigenvalue weighted by Gasteiger charge is -2.26. The van der Waals surface area contributed by atoms with Crippen molar-refractivity contribution in [3.8, 4) is 0 Å². The second-order valence-electron chi connectivity index (χ2n) is 9.57. The van der Waals surface area contributed by atoms with E-state index in [0.29, 0.717) is 30.8 Å². The zero-order valence-electron chi connectivity index (χ0n) is 23.0. The number of aromatic amines is 1. The molecule has 5 unspecified atom stereocenters. The van der Waals surface area contributed by atoms with Gasteiger partial charge in [-0.3, -0.25) is 14.4 Å². The average molecular weight is 580 g/mol. The van der Waals surface area contributed by atoms with Gasteiger partial charge in [-0.15, -0.1) is 0 Å². The molecule has 1 heterocycles. The Bertz CT molecular complexity index is 1110. The molecule has 39 heavy (non-hydrogen) atoms. The van der Waals surface area contributed by atoms with Gasteiger partial charge in [-0.05, 0) is 60.8 Å². The van der Waals surface area contributed by atoms with Gasteiger partial charge in [0.05, 0.1) is 6.04 Å². The van der Waals surface area contributed by atoms with E-state index in [1.54, 1.807) is 6.92 Å². The highest BCUT2D eigenvalue weighted by Gasteiger charge is 2.31. The normalized spacial score (nSPS) is 15.1. The Balaban J connectivity index is 2.11. The number of hydrogen-bond acceptors (Lipinski definition) is 7. The number of nitrogens with two attached hydrogens (primary N) is 1. The van der Waals surface area contributed by atoms with E-state index in [-0.39, 0.29) is 12.3 Å². The zero-order chi connectivity index (χ0) is 28.9. The van der Waals surface area contributed by atoms with Crippen LogP contribution in [0.4, 0.5) is 0 Å². The molecular weight excluding hydrogens is 538 g/mol. The van der Waals surface area contributed by atoms with Gasteiger partial charge in [0, 0.05) is 17.1 Å². The summed E-state index contributed by atoms with van der Waals surface area (Å²) in [6, 6.07) is 3.96.